The van der Waals surface area contributed by atoms with E-state index >= 15 is 0 Å². The highest BCUT2D eigenvalue weighted by Crippen LogP contribution is 2.20. The second-order valence-corrected chi connectivity index (χ2v) is 6.23. The van der Waals surface area contributed by atoms with E-state index in [1.807, 2.05) is 7.05 Å². The van der Waals surface area contributed by atoms with Crippen molar-refractivity contribution in [3.05, 3.63) is 0 Å². The Hall–Kier alpha value is -0.810. The fourth-order valence-corrected chi connectivity index (χ4v) is 2.71. The van der Waals surface area contributed by atoms with Crippen molar-refractivity contribution in [3.63, 3.8) is 0 Å². The van der Waals surface area contributed by atoms with Gasteiger partial charge in [0.2, 0.25) is 0 Å². The minimum atomic E-state index is 0.508. The molecule has 0 spiro atoms. The van der Waals surface area contributed by atoms with Gasteiger partial charge >= 0.3 is 0 Å². The summed E-state index contributed by atoms with van der Waals surface area (Å²) >= 11 is 0. The molecule has 0 bridgehead atoms. The average Bonchev–Trinajstić information content (AvgIpc) is 2.59. The van der Waals surface area contributed by atoms with Gasteiger partial charge in [-0.05, 0) is 32.1 Å². The van der Waals surface area contributed by atoms with Crippen molar-refractivity contribution in [1.29, 1.82) is 0 Å². The lowest BCUT2D eigenvalue weighted by atomic mass is 9.98. The number of nitrogens with one attached hydrogen (secondary N) is 2. The van der Waals surface area contributed by atoms with Gasteiger partial charge in [0.25, 0.3) is 0 Å². The molecule has 1 fully saturated rings. The van der Waals surface area contributed by atoms with E-state index in [0.717, 1.165) is 58.1 Å². The van der Waals surface area contributed by atoms with Crippen LogP contribution >= 0.6 is 0 Å². The molecule has 136 valence electrons. The third-order valence-corrected chi connectivity index (χ3v) is 4.14. The van der Waals surface area contributed by atoms with Crippen LogP contribution in [0.4, 0.5) is 0 Å². The molecule has 0 amide bonds. The smallest absolute Gasteiger partial charge is 0.190 e. The van der Waals surface area contributed by atoms with Gasteiger partial charge in [-0.2, -0.15) is 0 Å². The van der Waals surface area contributed by atoms with Crippen molar-refractivity contribution in [3.8, 4) is 0 Å². The zero-order valence-corrected chi connectivity index (χ0v) is 15.2. The quantitative estimate of drug-likeness (QED) is 0.328. The number of nitrogens with zero attached hydrogens (tertiary/aromatic N) is 1. The van der Waals surface area contributed by atoms with E-state index in [4.69, 9.17) is 9.47 Å². The van der Waals surface area contributed by atoms with Crippen molar-refractivity contribution in [2.75, 3.05) is 40.0 Å². The first-order chi connectivity index (χ1) is 11.4. The summed E-state index contributed by atoms with van der Waals surface area (Å²) < 4.78 is 11.5. The fraction of sp³-hybridized carbons (Fsp3) is 0.944. The maximum atomic E-state index is 5.93. The Bertz CT molecular complexity index is 292. The van der Waals surface area contributed by atoms with E-state index in [0.29, 0.717) is 6.10 Å². The number of aliphatic imine (C=N–C) groups is 1. The minimum absolute atomic E-state index is 0.508. The van der Waals surface area contributed by atoms with Crippen molar-refractivity contribution < 1.29 is 9.47 Å². The number of guanidine groups is 1. The van der Waals surface area contributed by atoms with Gasteiger partial charge in [0, 0.05) is 40.0 Å². The molecule has 5 nitrogen and oxygen atoms in total. The Labute approximate surface area is 142 Å². The second kappa shape index (κ2) is 14.8. The largest absolute Gasteiger partial charge is 0.381 e. The van der Waals surface area contributed by atoms with Gasteiger partial charge in [0.1, 0.15) is 0 Å². The Morgan fingerprint density at radius 3 is 2.26 bits per heavy atom. The summed E-state index contributed by atoms with van der Waals surface area (Å²) in [5.41, 5.74) is 0. The third-order valence-electron chi connectivity index (χ3n) is 4.14. The molecule has 1 aliphatic carbocycles. The van der Waals surface area contributed by atoms with Crippen LogP contribution in [0, 0.1) is 0 Å². The monoisotopic (exact) mass is 327 g/mol. The van der Waals surface area contributed by atoms with E-state index in [1.54, 1.807) is 0 Å². The molecular formula is C18H37N3O2. The van der Waals surface area contributed by atoms with E-state index < -0.39 is 0 Å². The van der Waals surface area contributed by atoms with Crippen molar-refractivity contribution in [2.45, 2.75) is 70.8 Å². The molecule has 1 rings (SSSR count). The van der Waals surface area contributed by atoms with Crippen LogP contribution in [0.15, 0.2) is 4.99 Å². The summed E-state index contributed by atoms with van der Waals surface area (Å²) in [5, 5.41) is 6.66. The van der Waals surface area contributed by atoms with Gasteiger partial charge in [-0.3, -0.25) is 4.99 Å². The number of hydrogen-bond donors (Lipinski definition) is 2. The standard InChI is InChI=1S/C18H37N3O2/c1-3-4-14-22-15-8-12-20-18(19-2)21-13-9-16-23-17-10-6-5-7-11-17/h17H,3-16H2,1-2H3,(H2,19,20,21). The Balaban J connectivity index is 1.90. The molecule has 0 saturated heterocycles. The van der Waals surface area contributed by atoms with Gasteiger partial charge in [-0.25, -0.2) is 0 Å². The molecule has 0 radical (unpaired) electrons. The first-order valence-electron chi connectivity index (χ1n) is 9.50. The number of rotatable bonds is 12. The number of hydrogen-bond acceptors (Lipinski definition) is 3. The summed E-state index contributed by atoms with van der Waals surface area (Å²) in [6.07, 6.45) is 11.4. The summed E-state index contributed by atoms with van der Waals surface area (Å²) in [4.78, 5) is 4.24. The fourth-order valence-electron chi connectivity index (χ4n) is 2.71. The highest BCUT2D eigenvalue weighted by molar-refractivity contribution is 5.79. The molecule has 1 saturated carbocycles. The maximum absolute atomic E-state index is 5.93. The molecule has 0 heterocycles. The zero-order valence-electron chi connectivity index (χ0n) is 15.2. The number of unbranched alkanes of at least 4 members (excludes halogenated alkanes) is 1. The molecule has 0 atom stereocenters. The lowest BCUT2D eigenvalue weighted by Gasteiger charge is -2.22. The van der Waals surface area contributed by atoms with Crippen LogP contribution in [0.2, 0.25) is 0 Å². The number of ether oxygens (including phenoxy) is 2. The van der Waals surface area contributed by atoms with Crippen LogP contribution in [0.3, 0.4) is 0 Å². The molecule has 0 aromatic heterocycles. The predicted octanol–water partition coefficient (Wildman–Crippen LogP) is 3.10. The van der Waals surface area contributed by atoms with Gasteiger partial charge in [-0.1, -0.05) is 32.6 Å². The highest BCUT2D eigenvalue weighted by Gasteiger charge is 2.12. The normalized spacial score (nSPS) is 16.5. The minimum Gasteiger partial charge on any atom is -0.381 e. The van der Waals surface area contributed by atoms with Crippen LogP contribution in [0.5, 0.6) is 0 Å². The third kappa shape index (κ3) is 11.4. The van der Waals surface area contributed by atoms with E-state index in [2.05, 4.69) is 22.5 Å². The Morgan fingerprint density at radius 2 is 1.61 bits per heavy atom. The van der Waals surface area contributed by atoms with Gasteiger partial charge in [0.05, 0.1) is 6.10 Å². The molecular weight excluding hydrogens is 290 g/mol. The molecule has 0 aromatic rings. The molecule has 0 aliphatic heterocycles. The average molecular weight is 328 g/mol. The molecule has 23 heavy (non-hydrogen) atoms. The topological polar surface area (TPSA) is 54.9 Å². The van der Waals surface area contributed by atoms with Gasteiger partial charge in [0.15, 0.2) is 5.96 Å². The van der Waals surface area contributed by atoms with Crippen molar-refractivity contribution >= 4 is 5.96 Å². The van der Waals surface area contributed by atoms with Gasteiger partial charge < -0.3 is 20.1 Å². The Morgan fingerprint density at radius 1 is 0.957 bits per heavy atom. The van der Waals surface area contributed by atoms with Crippen LogP contribution in [0.1, 0.15) is 64.7 Å². The van der Waals surface area contributed by atoms with E-state index in [1.165, 1.54) is 38.5 Å². The summed E-state index contributed by atoms with van der Waals surface area (Å²) in [5.74, 6) is 0.872. The maximum Gasteiger partial charge on any atom is 0.190 e. The Kier molecular flexibility index (Phi) is 13.0. The molecule has 5 heteroatoms. The summed E-state index contributed by atoms with van der Waals surface area (Å²) in [7, 11) is 1.81. The first kappa shape index (κ1) is 20.2. The van der Waals surface area contributed by atoms with Crippen LogP contribution in [-0.2, 0) is 9.47 Å². The highest BCUT2D eigenvalue weighted by atomic mass is 16.5. The zero-order chi connectivity index (χ0) is 16.6. The summed E-state index contributed by atoms with van der Waals surface area (Å²) in [6.45, 7) is 6.52. The SMILES string of the molecule is CCCCOCCCNC(=NC)NCCCOC1CCCCC1. The molecule has 2 N–H and O–H groups in total. The van der Waals surface area contributed by atoms with E-state index in [-0.39, 0.29) is 0 Å². The summed E-state index contributed by atoms with van der Waals surface area (Å²) in [6, 6.07) is 0. The van der Waals surface area contributed by atoms with Crippen LogP contribution in [-0.4, -0.2) is 52.0 Å². The van der Waals surface area contributed by atoms with Crippen molar-refractivity contribution in [1.82, 2.24) is 10.6 Å². The van der Waals surface area contributed by atoms with Crippen LogP contribution < -0.4 is 10.6 Å². The lowest BCUT2D eigenvalue weighted by molar-refractivity contribution is 0.0277. The van der Waals surface area contributed by atoms with Crippen molar-refractivity contribution in [2.24, 2.45) is 4.99 Å². The lowest BCUT2D eigenvalue weighted by Crippen LogP contribution is -2.38. The van der Waals surface area contributed by atoms with E-state index in [9.17, 15) is 0 Å². The van der Waals surface area contributed by atoms with Gasteiger partial charge in [-0.15, -0.1) is 0 Å². The van der Waals surface area contributed by atoms with Crippen LogP contribution in [0.25, 0.3) is 0 Å². The molecule has 0 unspecified atom stereocenters. The predicted molar refractivity (Wildman–Crippen MR) is 97.2 cm³/mol. The second-order valence-electron chi connectivity index (χ2n) is 6.23. The molecule has 0 aromatic carbocycles. The molecule has 1 aliphatic rings. The first-order valence-corrected chi connectivity index (χ1v) is 9.50.